The maximum absolute atomic E-state index is 9.84. The predicted molar refractivity (Wildman–Crippen MR) is 53.6 cm³/mol. The van der Waals surface area contributed by atoms with Gasteiger partial charge in [0.05, 0.1) is 6.10 Å². The van der Waals surface area contributed by atoms with Gasteiger partial charge in [-0.2, -0.15) is 0 Å². The molecule has 0 heterocycles. The Bertz CT molecular complexity index is 136. The van der Waals surface area contributed by atoms with Gasteiger partial charge in [-0.25, -0.2) is 0 Å². The number of aliphatic hydroxyl groups excluding tert-OH is 1. The van der Waals surface area contributed by atoms with Gasteiger partial charge < -0.3 is 9.84 Å². The maximum atomic E-state index is 9.84. The third-order valence-corrected chi connectivity index (χ3v) is 3.14. The van der Waals surface area contributed by atoms with Crippen molar-refractivity contribution in [3.8, 4) is 0 Å². The van der Waals surface area contributed by atoms with Gasteiger partial charge in [-0.1, -0.05) is 19.8 Å². The molecule has 0 bridgehead atoms. The third-order valence-electron chi connectivity index (χ3n) is 3.14. The maximum Gasteiger partial charge on any atom is 0.0590 e. The van der Waals surface area contributed by atoms with E-state index in [1.165, 1.54) is 25.7 Å². The fourth-order valence-corrected chi connectivity index (χ4v) is 2.30. The molecule has 78 valence electrons. The normalized spacial score (nSPS) is 31.6. The molecule has 0 saturated heterocycles. The monoisotopic (exact) mass is 186 g/mol. The summed E-state index contributed by atoms with van der Waals surface area (Å²) in [5, 5.41) is 9.84. The lowest BCUT2D eigenvalue weighted by Crippen LogP contribution is -2.26. The third kappa shape index (κ3) is 3.65. The second-order valence-electron chi connectivity index (χ2n) is 4.38. The van der Waals surface area contributed by atoms with Crippen LogP contribution in [0.2, 0.25) is 0 Å². The highest BCUT2D eigenvalue weighted by Crippen LogP contribution is 2.31. The van der Waals surface area contributed by atoms with E-state index in [4.69, 9.17) is 4.74 Å². The zero-order chi connectivity index (χ0) is 9.68. The number of aliphatic hydroxyl groups is 1. The van der Waals surface area contributed by atoms with Gasteiger partial charge in [-0.15, -0.1) is 0 Å². The molecule has 2 heteroatoms. The van der Waals surface area contributed by atoms with Crippen molar-refractivity contribution in [2.75, 3.05) is 13.7 Å². The summed E-state index contributed by atoms with van der Waals surface area (Å²) in [6.45, 7) is 2.97. The SMILES string of the molecule is COCCC(O)C1CCCC(C)C1. The second-order valence-corrected chi connectivity index (χ2v) is 4.38. The average molecular weight is 186 g/mol. The Morgan fingerprint density at radius 3 is 2.85 bits per heavy atom. The van der Waals surface area contributed by atoms with Crippen LogP contribution in [0.4, 0.5) is 0 Å². The molecule has 3 unspecified atom stereocenters. The number of rotatable bonds is 4. The van der Waals surface area contributed by atoms with Crippen LogP contribution in [0.5, 0.6) is 0 Å². The van der Waals surface area contributed by atoms with Crippen molar-refractivity contribution in [1.29, 1.82) is 0 Å². The minimum atomic E-state index is -0.136. The van der Waals surface area contributed by atoms with Crippen molar-refractivity contribution < 1.29 is 9.84 Å². The van der Waals surface area contributed by atoms with Crippen LogP contribution in [0.1, 0.15) is 39.0 Å². The first-order chi connectivity index (χ1) is 6.24. The topological polar surface area (TPSA) is 29.5 Å². The Morgan fingerprint density at radius 1 is 1.46 bits per heavy atom. The molecule has 0 spiro atoms. The molecule has 13 heavy (non-hydrogen) atoms. The lowest BCUT2D eigenvalue weighted by Gasteiger charge is -2.30. The lowest BCUT2D eigenvalue weighted by atomic mass is 9.79. The number of hydrogen-bond acceptors (Lipinski definition) is 2. The summed E-state index contributed by atoms with van der Waals surface area (Å²) >= 11 is 0. The van der Waals surface area contributed by atoms with Gasteiger partial charge in [0.15, 0.2) is 0 Å². The van der Waals surface area contributed by atoms with E-state index in [-0.39, 0.29) is 6.10 Å². The smallest absolute Gasteiger partial charge is 0.0590 e. The first-order valence-electron chi connectivity index (χ1n) is 5.41. The molecule has 1 saturated carbocycles. The van der Waals surface area contributed by atoms with Gasteiger partial charge in [0.1, 0.15) is 0 Å². The first-order valence-corrected chi connectivity index (χ1v) is 5.41. The molecule has 0 amide bonds. The van der Waals surface area contributed by atoms with Crippen molar-refractivity contribution in [3.63, 3.8) is 0 Å². The summed E-state index contributed by atoms with van der Waals surface area (Å²) in [5.41, 5.74) is 0. The highest BCUT2D eigenvalue weighted by Gasteiger charge is 2.24. The zero-order valence-corrected chi connectivity index (χ0v) is 8.83. The van der Waals surface area contributed by atoms with Gasteiger partial charge >= 0.3 is 0 Å². The number of ether oxygens (including phenoxy) is 1. The zero-order valence-electron chi connectivity index (χ0n) is 8.83. The summed E-state index contributed by atoms with van der Waals surface area (Å²) in [5.74, 6) is 1.33. The Labute approximate surface area is 81.3 Å². The van der Waals surface area contributed by atoms with E-state index >= 15 is 0 Å². The van der Waals surface area contributed by atoms with Gasteiger partial charge in [0, 0.05) is 13.7 Å². The molecule has 0 radical (unpaired) electrons. The fourth-order valence-electron chi connectivity index (χ4n) is 2.30. The molecule has 2 nitrogen and oxygen atoms in total. The van der Waals surface area contributed by atoms with Crippen LogP contribution in [0.3, 0.4) is 0 Å². The molecule has 0 aromatic carbocycles. The Balaban J connectivity index is 2.24. The number of methoxy groups -OCH3 is 1. The Morgan fingerprint density at radius 2 is 2.23 bits per heavy atom. The van der Waals surface area contributed by atoms with Crippen molar-refractivity contribution >= 4 is 0 Å². The quantitative estimate of drug-likeness (QED) is 0.729. The van der Waals surface area contributed by atoms with Crippen molar-refractivity contribution in [2.45, 2.75) is 45.1 Å². The van der Waals surface area contributed by atoms with Crippen molar-refractivity contribution in [2.24, 2.45) is 11.8 Å². The van der Waals surface area contributed by atoms with Gasteiger partial charge in [0.2, 0.25) is 0 Å². The van der Waals surface area contributed by atoms with Gasteiger partial charge in [-0.3, -0.25) is 0 Å². The average Bonchev–Trinajstić information content (AvgIpc) is 2.14. The van der Waals surface area contributed by atoms with Crippen LogP contribution >= 0.6 is 0 Å². The fraction of sp³-hybridized carbons (Fsp3) is 1.00. The van der Waals surface area contributed by atoms with Crippen LogP contribution in [-0.4, -0.2) is 24.9 Å². The molecule has 0 aromatic rings. The van der Waals surface area contributed by atoms with Crippen LogP contribution in [0, 0.1) is 11.8 Å². The van der Waals surface area contributed by atoms with Gasteiger partial charge in [0.25, 0.3) is 0 Å². The molecule has 0 aromatic heterocycles. The molecule has 0 aliphatic heterocycles. The van der Waals surface area contributed by atoms with Gasteiger partial charge in [-0.05, 0) is 31.1 Å². The Hall–Kier alpha value is -0.0800. The Kier molecular flexibility index (Phi) is 4.74. The molecular formula is C11H22O2. The van der Waals surface area contributed by atoms with Crippen LogP contribution in [0.15, 0.2) is 0 Å². The molecule has 1 aliphatic rings. The standard InChI is InChI=1S/C11H22O2/c1-9-4-3-5-10(8-9)11(12)6-7-13-2/h9-12H,3-8H2,1-2H3. The molecule has 1 fully saturated rings. The highest BCUT2D eigenvalue weighted by molar-refractivity contribution is 4.76. The van der Waals surface area contributed by atoms with E-state index < -0.39 is 0 Å². The van der Waals surface area contributed by atoms with Crippen molar-refractivity contribution in [1.82, 2.24) is 0 Å². The molecule has 3 atom stereocenters. The van der Waals surface area contributed by atoms with Crippen molar-refractivity contribution in [3.05, 3.63) is 0 Å². The van der Waals surface area contributed by atoms with E-state index in [0.717, 1.165) is 12.3 Å². The molecule has 1 N–H and O–H groups in total. The van der Waals surface area contributed by atoms with E-state index in [0.29, 0.717) is 12.5 Å². The van der Waals surface area contributed by atoms with E-state index in [2.05, 4.69) is 6.92 Å². The van der Waals surface area contributed by atoms with Crippen LogP contribution in [-0.2, 0) is 4.74 Å². The lowest BCUT2D eigenvalue weighted by molar-refractivity contribution is 0.0421. The second kappa shape index (κ2) is 5.61. The van der Waals surface area contributed by atoms with Crippen LogP contribution < -0.4 is 0 Å². The molecule has 1 aliphatic carbocycles. The summed E-state index contributed by atoms with van der Waals surface area (Å²) in [6, 6.07) is 0. The van der Waals surface area contributed by atoms with E-state index in [1.54, 1.807) is 7.11 Å². The summed E-state index contributed by atoms with van der Waals surface area (Å²) in [4.78, 5) is 0. The largest absolute Gasteiger partial charge is 0.393 e. The summed E-state index contributed by atoms with van der Waals surface area (Å²) in [6.07, 6.45) is 5.69. The number of hydrogen-bond donors (Lipinski definition) is 1. The first kappa shape index (κ1) is 11.0. The van der Waals surface area contributed by atoms with E-state index in [1.807, 2.05) is 0 Å². The minimum Gasteiger partial charge on any atom is -0.393 e. The summed E-state index contributed by atoms with van der Waals surface area (Å²) < 4.78 is 4.97. The molecular weight excluding hydrogens is 164 g/mol. The predicted octanol–water partition coefficient (Wildman–Crippen LogP) is 2.21. The molecule has 1 rings (SSSR count). The summed E-state index contributed by atoms with van der Waals surface area (Å²) in [7, 11) is 1.69. The highest BCUT2D eigenvalue weighted by atomic mass is 16.5. The van der Waals surface area contributed by atoms with E-state index in [9.17, 15) is 5.11 Å². The minimum absolute atomic E-state index is 0.136. The van der Waals surface area contributed by atoms with Crippen LogP contribution in [0.25, 0.3) is 0 Å².